The van der Waals surface area contributed by atoms with Crippen molar-refractivity contribution in [2.24, 2.45) is 0 Å². The molecule has 2 nitrogen and oxygen atoms in total. The van der Waals surface area contributed by atoms with Crippen LogP contribution in [0, 0.1) is 0 Å². The van der Waals surface area contributed by atoms with Crippen LogP contribution in [0.4, 0.5) is 0 Å². The van der Waals surface area contributed by atoms with E-state index < -0.39 is 0 Å². The normalized spacial score (nSPS) is 17.6. The molecule has 1 heterocycles. The summed E-state index contributed by atoms with van der Waals surface area (Å²) in [5, 5.41) is 7.09. The van der Waals surface area contributed by atoms with Crippen LogP contribution < -0.4 is 5.32 Å². The van der Waals surface area contributed by atoms with Crippen molar-refractivity contribution in [3.63, 3.8) is 0 Å². The first-order chi connectivity index (χ1) is 7.90. The molecule has 1 N–H and O–H groups in total. The van der Waals surface area contributed by atoms with Gasteiger partial charge in [0, 0.05) is 17.6 Å². The number of hydrogen-bond donors (Lipinski definition) is 1. The standard InChI is InChI=1S/C13H22N2S/c1-2-3-4-5-6-12(15-11-7-8-11)13-14-9-10-16-13/h9-12,15H,2-8H2,1H3. The van der Waals surface area contributed by atoms with Crippen LogP contribution in [-0.2, 0) is 0 Å². The Labute approximate surface area is 102 Å². The fourth-order valence-electron chi connectivity index (χ4n) is 1.99. The monoisotopic (exact) mass is 238 g/mol. The van der Waals surface area contributed by atoms with Crippen molar-refractivity contribution in [3.8, 4) is 0 Å². The van der Waals surface area contributed by atoms with Gasteiger partial charge in [-0.1, -0.05) is 32.6 Å². The third kappa shape index (κ3) is 3.87. The summed E-state index contributed by atoms with van der Waals surface area (Å²) in [7, 11) is 0. The van der Waals surface area contributed by atoms with E-state index in [9.17, 15) is 0 Å². The smallest absolute Gasteiger partial charge is 0.109 e. The molecule has 1 saturated carbocycles. The Bertz CT molecular complexity index is 280. The second kappa shape index (κ2) is 6.36. The van der Waals surface area contributed by atoms with E-state index >= 15 is 0 Å². The summed E-state index contributed by atoms with van der Waals surface area (Å²) >= 11 is 1.79. The van der Waals surface area contributed by atoms with Crippen LogP contribution in [-0.4, -0.2) is 11.0 Å². The van der Waals surface area contributed by atoms with Gasteiger partial charge in [-0.3, -0.25) is 0 Å². The van der Waals surface area contributed by atoms with Crippen molar-refractivity contribution >= 4 is 11.3 Å². The number of aromatic nitrogens is 1. The van der Waals surface area contributed by atoms with Crippen LogP contribution in [0.25, 0.3) is 0 Å². The van der Waals surface area contributed by atoms with Gasteiger partial charge in [-0.05, 0) is 19.3 Å². The van der Waals surface area contributed by atoms with Gasteiger partial charge in [-0.15, -0.1) is 11.3 Å². The van der Waals surface area contributed by atoms with Crippen molar-refractivity contribution < 1.29 is 0 Å². The first-order valence-corrected chi connectivity index (χ1v) is 7.43. The highest BCUT2D eigenvalue weighted by atomic mass is 32.1. The molecule has 1 unspecified atom stereocenters. The van der Waals surface area contributed by atoms with Crippen LogP contribution in [0.5, 0.6) is 0 Å². The maximum Gasteiger partial charge on any atom is 0.109 e. The molecule has 1 atom stereocenters. The molecular weight excluding hydrogens is 216 g/mol. The SMILES string of the molecule is CCCCCCC(NC1CC1)c1nccs1. The van der Waals surface area contributed by atoms with Gasteiger partial charge in [-0.2, -0.15) is 0 Å². The molecular formula is C13H22N2S. The minimum absolute atomic E-state index is 0.518. The Hall–Kier alpha value is -0.410. The lowest BCUT2D eigenvalue weighted by Crippen LogP contribution is -2.23. The molecule has 90 valence electrons. The van der Waals surface area contributed by atoms with Gasteiger partial charge in [0.2, 0.25) is 0 Å². The van der Waals surface area contributed by atoms with E-state index in [1.165, 1.54) is 50.0 Å². The number of thiazole rings is 1. The molecule has 1 aromatic heterocycles. The van der Waals surface area contributed by atoms with E-state index in [4.69, 9.17) is 0 Å². The molecule has 0 radical (unpaired) electrons. The Balaban J connectivity index is 1.77. The Morgan fingerprint density at radius 3 is 2.94 bits per heavy atom. The fourth-order valence-corrected chi connectivity index (χ4v) is 2.73. The zero-order chi connectivity index (χ0) is 11.2. The number of unbranched alkanes of at least 4 members (excludes halogenated alkanes) is 3. The third-order valence-corrected chi connectivity index (χ3v) is 4.00. The van der Waals surface area contributed by atoms with Gasteiger partial charge in [-0.25, -0.2) is 4.98 Å². The van der Waals surface area contributed by atoms with Crippen molar-refractivity contribution in [2.75, 3.05) is 0 Å². The average Bonchev–Trinajstić information content (AvgIpc) is 2.95. The Kier molecular flexibility index (Phi) is 4.79. The first-order valence-electron chi connectivity index (χ1n) is 6.55. The molecule has 1 aliphatic carbocycles. The van der Waals surface area contributed by atoms with Crippen molar-refractivity contribution in [3.05, 3.63) is 16.6 Å². The van der Waals surface area contributed by atoms with Gasteiger partial charge in [0.15, 0.2) is 0 Å². The molecule has 0 amide bonds. The number of nitrogens with one attached hydrogen (secondary N) is 1. The topological polar surface area (TPSA) is 24.9 Å². The molecule has 16 heavy (non-hydrogen) atoms. The average molecular weight is 238 g/mol. The lowest BCUT2D eigenvalue weighted by atomic mass is 10.1. The summed E-state index contributed by atoms with van der Waals surface area (Å²) in [6.45, 7) is 2.26. The zero-order valence-electron chi connectivity index (χ0n) is 10.1. The number of nitrogens with zero attached hydrogens (tertiary/aromatic N) is 1. The van der Waals surface area contributed by atoms with Gasteiger partial charge < -0.3 is 5.32 Å². The molecule has 0 saturated heterocycles. The van der Waals surface area contributed by atoms with E-state index in [-0.39, 0.29) is 0 Å². The molecule has 1 aliphatic rings. The van der Waals surface area contributed by atoms with E-state index in [2.05, 4.69) is 22.6 Å². The summed E-state index contributed by atoms with van der Waals surface area (Å²) in [4.78, 5) is 4.45. The summed E-state index contributed by atoms with van der Waals surface area (Å²) < 4.78 is 0. The minimum Gasteiger partial charge on any atom is -0.305 e. The van der Waals surface area contributed by atoms with Crippen LogP contribution in [0.1, 0.15) is 62.9 Å². The van der Waals surface area contributed by atoms with Gasteiger partial charge in [0.25, 0.3) is 0 Å². The second-order valence-electron chi connectivity index (χ2n) is 4.71. The maximum atomic E-state index is 4.45. The summed E-state index contributed by atoms with van der Waals surface area (Å²) in [5.41, 5.74) is 0. The summed E-state index contributed by atoms with van der Waals surface area (Å²) in [5.74, 6) is 0. The highest BCUT2D eigenvalue weighted by Gasteiger charge is 2.26. The first kappa shape index (κ1) is 12.1. The van der Waals surface area contributed by atoms with E-state index in [0.717, 1.165) is 6.04 Å². The highest BCUT2D eigenvalue weighted by molar-refractivity contribution is 7.09. The zero-order valence-corrected chi connectivity index (χ0v) is 10.9. The maximum absolute atomic E-state index is 4.45. The van der Waals surface area contributed by atoms with Gasteiger partial charge >= 0.3 is 0 Å². The third-order valence-electron chi connectivity index (χ3n) is 3.11. The van der Waals surface area contributed by atoms with Crippen LogP contribution >= 0.6 is 11.3 Å². The largest absolute Gasteiger partial charge is 0.305 e. The highest BCUT2D eigenvalue weighted by Crippen LogP contribution is 2.28. The predicted octanol–water partition coefficient (Wildman–Crippen LogP) is 3.91. The minimum atomic E-state index is 0.518. The van der Waals surface area contributed by atoms with Crippen LogP contribution in [0.15, 0.2) is 11.6 Å². The quantitative estimate of drug-likeness (QED) is 0.695. The van der Waals surface area contributed by atoms with E-state index in [1.54, 1.807) is 11.3 Å². The second-order valence-corrected chi connectivity index (χ2v) is 5.64. The lowest BCUT2D eigenvalue weighted by Gasteiger charge is -2.15. The summed E-state index contributed by atoms with van der Waals surface area (Å²) in [6, 6.07) is 1.30. The van der Waals surface area contributed by atoms with Crippen LogP contribution in [0.3, 0.4) is 0 Å². The molecule has 0 bridgehead atoms. The Morgan fingerprint density at radius 1 is 1.44 bits per heavy atom. The molecule has 2 rings (SSSR count). The fraction of sp³-hybridized carbons (Fsp3) is 0.769. The summed E-state index contributed by atoms with van der Waals surface area (Å²) in [6.07, 6.45) is 11.3. The van der Waals surface area contributed by atoms with E-state index in [0.29, 0.717) is 6.04 Å². The number of hydrogen-bond acceptors (Lipinski definition) is 3. The van der Waals surface area contributed by atoms with Crippen molar-refractivity contribution in [1.82, 2.24) is 10.3 Å². The van der Waals surface area contributed by atoms with E-state index in [1.807, 2.05) is 6.20 Å². The molecule has 1 aromatic rings. The molecule has 0 aromatic carbocycles. The van der Waals surface area contributed by atoms with Gasteiger partial charge in [0.1, 0.15) is 5.01 Å². The van der Waals surface area contributed by atoms with Crippen LogP contribution in [0.2, 0.25) is 0 Å². The predicted molar refractivity (Wildman–Crippen MR) is 69.8 cm³/mol. The number of rotatable bonds is 8. The Morgan fingerprint density at radius 2 is 2.31 bits per heavy atom. The van der Waals surface area contributed by atoms with Crippen molar-refractivity contribution in [1.29, 1.82) is 0 Å². The molecule has 3 heteroatoms. The molecule has 0 spiro atoms. The molecule has 0 aliphatic heterocycles. The lowest BCUT2D eigenvalue weighted by molar-refractivity contribution is 0.466. The van der Waals surface area contributed by atoms with Gasteiger partial charge in [0.05, 0.1) is 6.04 Å². The molecule has 1 fully saturated rings. The van der Waals surface area contributed by atoms with Crippen molar-refractivity contribution in [2.45, 2.75) is 64.0 Å².